The summed E-state index contributed by atoms with van der Waals surface area (Å²) >= 11 is 0. The van der Waals surface area contributed by atoms with Gasteiger partial charge in [0, 0.05) is 0 Å². The van der Waals surface area contributed by atoms with Crippen molar-refractivity contribution in [3.8, 4) is 0 Å². The van der Waals surface area contributed by atoms with Crippen molar-refractivity contribution in [2.24, 2.45) is 0 Å². The van der Waals surface area contributed by atoms with E-state index in [1.54, 1.807) is 0 Å². The molecule has 1 nitrogen and oxygen atoms in total. The molecule has 0 aromatic rings. The molecule has 0 fully saturated rings. The van der Waals surface area contributed by atoms with Crippen molar-refractivity contribution >= 4 is 16.9 Å². The van der Waals surface area contributed by atoms with Crippen molar-refractivity contribution < 1.29 is 4.44 Å². The smallest absolute Gasteiger partial charge is 0.276 e. The minimum Gasteiger partial charge on any atom is -0.424 e. The maximum absolute atomic E-state index is 4.46. The van der Waals surface area contributed by atoms with Crippen LogP contribution in [0.4, 0.5) is 0 Å². The predicted octanol–water partition coefficient (Wildman–Crippen LogP) is 0.193. The summed E-state index contributed by atoms with van der Waals surface area (Å²) in [6, 6.07) is 0. The first-order valence-electron chi connectivity index (χ1n) is 1.23. The van der Waals surface area contributed by atoms with E-state index in [0.717, 1.165) is 7.48 Å². The average Bonchev–Trinajstić information content (AvgIpc) is 1.37. The van der Waals surface area contributed by atoms with Gasteiger partial charge in [-0.2, -0.15) is 0 Å². The van der Waals surface area contributed by atoms with Crippen LogP contribution in [0.25, 0.3) is 0 Å². The molecule has 0 aliphatic rings. The third-order valence-corrected chi connectivity index (χ3v) is 0.500. The Labute approximate surface area is 29.3 Å². The van der Waals surface area contributed by atoms with E-state index >= 15 is 0 Å². The maximum atomic E-state index is 4.46. The van der Waals surface area contributed by atoms with E-state index in [1.165, 1.54) is 0 Å². The first-order valence-corrected chi connectivity index (χ1v) is 1.70. The zero-order valence-electron chi connectivity index (χ0n) is 2.69. The third kappa shape index (κ3) is 2.45. The van der Waals surface area contributed by atoms with Crippen LogP contribution in [0.15, 0.2) is 0 Å². The van der Waals surface area contributed by atoms with Crippen molar-refractivity contribution in [1.29, 1.82) is 0 Å². The van der Waals surface area contributed by atoms with Crippen LogP contribution in [0.3, 0.4) is 0 Å². The van der Waals surface area contributed by atoms with Crippen LogP contribution in [-0.2, 0) is 4.44 Å². The Balaban J connectivity index is 1.97. The zero-order chi connectivity index (χ0) is 3.41. The van der Waals surface area contributed by atoms with E-state index in [9.17, 15) is 0 Å². The Morgan fingerprint density at radius 3 is 2.25 bits per heavy atom. The van der Waals surface area contributed by atoms with Gasteiger partial charge < -0.3 is 4.44 Å². The van der Waals surface area contributed by atoms with E-state index in [4.69, 9.17) is 0 Å². The number of hydrogen-bond donors (Lipinski definition) is 0. The molecule has 0 N–H and O–H groups in total. The molecule has 0 aromatic carbocycles. The molecular formula is CH6BOP. The molecule has 0 spiro atoms. The standard InChI is InChI=1S/CH6BOP/c1-2-3-4/h2H,4H2,1H3. The van der Waals surface area contributed by atoms with Gasteiger partial charge in [0.2, 0.25) is 0 Å². The Morgan fingerprint density at radius 2 is 2.25 bits per heavy atom. The molecule has 24 valence electrons. The molecule has 0 aliphatic heterocycles. The summed E-state index contributed by atoms with van der Waals surface area (Å²) in [4.78, 5) is 0. The monoisotopic (exact) mass is 76.0 g/mol. The molecule has 4 heavy (non-hydrogen) atoms. The van der Waals surface area contributed by atoms with Gasteiger partial charge in [0.25, 0.3) is 7.48 Å². The van der Waals surface area contributed by atoms with Crippen LogP contribution in [0.1, 0.15) is 0 Å². The van der Waals surface area contributed by atoms with E-state index in [0.29, 0.717) is 0 Å². The van der Waals surface area contributed by atoms with Crippen LogP contribution in [0, 0.1) is 0 Å². The van der Waals surface area contributed by atoms with Crippen molar-refractivity contribution in [3.05, 3.63) is 0 Å². The molecule has 3 heteroatoms. The van der Waals surface area contributed by atoms with E-state index in [2.05, 4.69) is 13.9 Å². The Morgan fingerprint density at radius 1 is 2.00 bits per heavy atom. The SMILES string of the molecule is CBOP. The summed E-state index contributed by atoms with van der Waals surface area (Å²) in [5, 5.41) is 0. The van der Waals surface area contributed by atoms with Gasteiger partial charge in [0.15, 0.2) is 0 Å². The first kappa shape index (κ1) is 4.45. The lowest BCUT2D eigenvalue weighted by Gasteiger charge is -1.72. The summed E-state index contributed by atoms with van der Waals surface area (Å²) in [5.41, 5.74) is 0. The average molecular weight is 75.8 g/mol. The normalized spacial score (nSPS) is 6.50. The largest absolute Gasteiger partial charge is 0.424 e. The van der Waals surface area contributed by atoms with Crippen LogP contribution < -0.4 is 0 Å². The van der Waals surface area contributed by atoms with Crippen LogP contribution >= 0.6 is 9.47 Å². The first-order chi connectivity index (χ1) is 1.91. The quantitative estimate of drug-likeness (QED) is 0.320. The van der Waals surface area contributed by atoms with Crippen LogP contribution in [-0.4, -0.2) is 7.48 Å². The minimum atomic E-state index is 0.782. The lowest BCUT2D eigenvalue weighted by atomic mass is 10.1. The molecule has 1 atom stereocenters. The Kier molecular flexibility index (Phi) is 3.85. The maximum Gasteiger partial charge on any atom is 0.276 e. The van der Waals surface area contributed by atoms with Gasteiger partial charge in [-0.15, -0.1) is 0 Å². The summed E-state index contributed by atoms with van der Waals surface area (Å²) in [5.74, 6) is 0. The van der Waals surface area contributed by atoms with Crippen molar-refractivity contribution in [1.82, 2.24) is 0 Å². The molecule has 0 aliphatic carbocycles. The van der Waals surface area contributed by atoms with Crippen molar-refractivity contribution in [2.45, 2.75) is 6.82 Å². The molecule has 0 saturated heterocycles. The lowest BCUT2D eigenvalue weighted by molar-refractivity contribution is 0.704. The fourth-order valence-corrected chi connectivity index (χ4v) is 0. The van der Waals surface area contributed by atoms with Gasteiger partial charge in [-0.1, -0.05) is 6.82 Å². The minimum absolute atomic E-state index is 0.782. The van der Waals surface area contributed by atoms with Gasteiger partial charge in [-0.3, -0.25) is 0 Å². The number of hydrogen-bond acceptors (Lipinski definition) is 1. The molecule has 0 rings (SSSR count). The second kappa shape index (κ2) is 3.45. The van der Waals surface area contributed by atoms with E-state index in [1.807, 2.05) is 6.82 Å². The molecule has 0 radical (unpaired) electrons. The predicted molar refractivity (Wildman–Crippen MR) is 23.8 cm³/mol. The van der Waals surface area contributed by atoms with Gasteiger partial charge in [-0.25, -0.2) is 0 Å². The second-order valence-electron chi connectivity index (χ2n) is 0.455. The molecular weight excluding hydrogens is 69.8 g/mol. The van der Waals surface area contributed by atoms with Gasteiger partial charge in [0.05, 0.1) is 0 Å². The highest BCUT2D eigenvalue weighted by Crippen LogP contribution is 1.75. The topological polar surface area (TPSA) is 9.23 Å². The lowest BCUT2D eigenvalue weighted by Crippen LogP contribution is -1.70. The summed E-state index contributed by atoms with van der Waals surface area (Å²) < 4.78 is 4.46. The van der Waals surface area contributed by atoms with Crippen molar-refractivity contribution in [2.75, 3.05) is 0 Å². The van der Waals surface area contributed by atoms with E-state index in [-0.39, 0.29) is 0 Å². The number of rotatable bonds is 1. The second-order valence-corrected chi connectivity index (χ2v) is 0.789. The summed E-state index contributed by atoms with van der Waals surface area (Å²) in [6.45, 7) is 1.94. The van der Waals surface area contributed by atoms with Crippen LogP contribution in [0.2, 0.25) is 6.82 Å². The van der Waals surface area contributed by atoms with Crippen LogP contribution in [0.5, 0.6) is 0 Å². The summed E-state index contributed by atoms with van der Waals surface area (Å²) in [6.07, 6.45) is 0. The van der Waals surface area contributed by atoms with Gasteiger partial charge in [0.1, 0.15) is 0 Å². The molecule has 0 heterocycles. The van der Waals surface area contributed by atoms with E-state index < -0.39 is 0 Å². The van der Waals surface area contributed by atoms with Gasteiger partial charge >= 0.3 is 0 Å². The molecule has 0 amide bonds. The summed E-state index contributed by atoms with van der Waals surface area (Å²) in [7, 11) is 2.94. The zero-order valence-corrected chi connectivity index (χ0v) is 3.85. The highest BCUT2D eigenvalue weighted by atomic mass is 31.0. The fraction of sp³-hybridized carbons (Fsp3) is 1.00. The highest BCUT2D eigenvalue weighted by Gasteiger charge is 1.60. The fourth-order valence-electron chi connectivity index (χ4n) is 0. The molecule has 0 bridgehead atoms. The molecule has 0 saturated carbocycles. The Hall–Kier alpha value is 0.455. The molecule has 0 aromatic heterocycles. The highest BCUT2D eigenvalue weighted by molar-refractivity contribution is 7.11. The molecule has 1 unspecified atom stereocenters. The third-order valence-electron chi connectivity index (χ3n) is 0.167. The Bertz CT molecular complexity index is 10.0. The van der Waals surface area contributed by atoms with Crippen molar-refractivity contribution in [3.63, 3.8) is 0 Å². The van der Waals surface area contributed by atoms with Gasteiger partial charge in [-0.05, 0) is 9.47 Å².